The van der Waals surface area contributed by atoms with Crippen LogP contribution in [0.3, 0.4) is 0 Å². The van der Waals surface area contributed by atoms with Crippen molar-refractivity contribution in [3.63, 3.8) is 0 Å². The molecular formula is C22H27NO5. The molecule has 2 saturated carbocycles. The monoisotopic (exact) mass is 385 g/mol. The summed E-state index contributed by atoms with van der Waals surface area (Å²) in [6.07, 6.45) is 4.13. The quantitative estimate of drug-likeness (QED) is 0.607. The van der Waals surface area contributed by atoms with Crippen molar-refractivity contribution < 1.29 is 24.5 Å². The zero-order chi connectivity index (χ0) is 19.3. The molecule has 2 aliphatic heterocycles. The van der Waals surface area contributed by atoms with E-state index in [-0.39, 0.29) is 6.04 Å². The summed E-state index contributed by atoms with van der Waals surface area (Å²) in [6, 6.07) is 3.89. The zero-order valence-corrected chi connectivity index (χ0v) is 16.2. The minimum Gasteiger partial charge on any atom is -0.482 e. The highest BCUT2D eigenvalue weighted by molar-refractivity contribution is 5.72. The van der Waals surface area contributed by atoms with Crippen LogP contribution in [0.2, 0.25) is 0 Å². The van der Waals surface area contributed by atoms with Gasteiger partial charge in [0.25, 0.3) is 0 Å². The van der Waals surface area contributed by atoms with Crippen molar-refractivity contribution >= 4 is 5.97 Å². The van der Waals surface area contributed by atoms with Gasteiger partial charge in [0.2, 0.25) is 0 Å². The van der Waals surface area contributed by atoms with Gasteiger partial charge in [0.05, 0.1) is 17.1 Å². The van der Waals surface area contributed by atoms with Gasteiger partial charge < -0.3 is 19.7 Å². The zero-order valence-electron chi connectivity index (χ0n) is 16.2. The van der Waals surface area contributed by atoms with Crippen LogP contribution in [0.5, 0.6) is 11.5 Å². The number of piperidine rings is 1. The molecule has 0 amide bonds. The lowest BCUT2D eigenvalue weighted by molar-refractivity contribution is -0.208. The number of esters is 1. The number of ether oxygens (including phenoxy) is 2. The van der Waals surface area contributed by atoms with E-state index in [1.807, 2.05) is 6.07 Å². The smallest absolute Gasteiger partial charge is 0.308 e. The van der Waals surface area contributed by atoms with Gasteiger partial charge in [0, 0.05) is 25.1 Å². The number of nitrogens with zero attached hydrogens (tertiary/aromatic N) is 1. The fraction of sp³-hybridized carbons (Fsp3) is 0.682. The van der Waals surface area contributed by atoms with Gasteiger partial charge in [0.15, 0.2) is 11.5 Å². The summed E-state index contributed by atoms with van der Waals surface area (Å²) in [4.78, 5) is 14.1. The predicted molar refractivity (Wildman–Crippen MR) is 100 cm³/mol. The third-order valence-electron chi connectivity index (χ3n) is 7.97. The summed E-state index contributed by atoms with van der Waals surface area (Å²) in [7, 11) is 0. The topological polar surface area (TPSA) is 79.2 Å². The second-order valence-corrected chi connectivity index (χ2v) is 9.47. The lowest BCUT2D eigenvalue weighted by Gasteiger charge is -2.63. The molecule has 3 aliphatic carbocycles. The largest absolute Gasteiger partial charge is 0.482 e. The molecule has 0 aromatic heterocycles. The molecule has 1 saturated heterocycles. The van der Waals surface area contributed by atoms with E-state index in [4.69, 9.17) is 9.47 Å². The number of aliphatic hydroxyl groups excluding tert-OH is 1. The highest BCUT2D eigenvalue weighted by Gasteiger charge is 2.73. The fourth-order valence-corrected chi connectivity index (χ4v) is 6.68. The Morgan fingerprint density at radius 1 is 1.32 bits per heavy atom. The molecule has 1 spiro atoms. The average molecular weight is 385 g/mol. The minimum atomic E-state index is -0.920. The maximum absolute atomic E-state index is 12.2. The highest BCUT2D eigenvalue weighted by Crippen LogP contribution is 2.65. The van der Waals surface area contributed by atoms with Crippen LogP contribution >= 0.6 is 0 Å². The highest BCUT2D eigenvalue weighted by atomic mass is 16.6. The molecule has 6 nitrogen and oxygen atoms in total. The lowest BCUT2D eigenvalue weighted by atomic mass is 9.48. The first-order valence-electron chi connectivity index (χ1n) is 10.6. The van der Waals surface area contributed by atoms with Gasteiger partial charge in [-0.05, 0) is 62.6 Å². The summed E-state index contributed by atoms with van der Waals surface area (Å²) in [5.74, 6) is 1.34. The number of likely N-dealkylation sites (tertiary alicyclic amines) is 1. The van der Waals surface area contributed by atoms with Gasteiger partial charge in [-0.25, -0.2) is 0 Å². The van der Waals surface area contributed by atoms with Crippen molar-refractivity contribution in [2.24, 2.45) is 5.92 Å². The molecule has 2 bridgehead atoms. The number of hydrogen-bond donors (Lipinski definition) is 2. The van der Waals surface area contributed by atoms with Crippen LogP contribution in [-0.2, 0) is 16.6 Å². The van der Waals surface area contributed by atoms with E-state index in [0.717, 1.165) is 43.0 Å². The first-order valence-corrected chi connectivity index (χ1v) is 10.6. The lowest BCUT2D eigenvalue weighted by Crippen LogP contribution is -2.77. The second-order valence-electron chi connectivity index (χ2n) is 9.47. The van der Waals surface area contributed by atoms with Crippen LogP contribution in [0, 0.1) is 5.92 Å². The van der Waals surface area contributed by atoms with E-state index in [0.29, 0.717) is 24.3 Å². The van der Waals surface area contributed by atoms with Crippen LogP contribution < -0.4 is 9.47 Å². The van der Waals surface area contributed by atoms with Crippen molar-refractivity contribution in [1.29, 1.82) is 0 Å². The van der Waals surface area contributed by atoms with Gasteiger partial charge in [-0.3, -0.25) is 9.69 Å². The third kappa shape index (κ3) is 2.01. The van der Waals surface area contributed by atoms with Crippen LogP contribution in [0.4, 0.5) is 0 Å². The molecule has 0 radical (unpaired) electrons. The number of rotatable bonds is 3. The molecule has 6 rings (SSSR count). The molecule has 5 atom stereocenters. The van der Waals surface area contributed by atoms with Crippen LogP contribution in [0.15, 0.2) is 12.1 Å². The first kappa shape index (κ1) is 17.2. The Labute approximate surface area is 164 Å². The van der Waals surface area contributed by atoms with E-state index >= 15 is 0 Å². The Hall–Kier alpha value is -1.63. The van der Waals surface area contributed by atoms with Crippen molar-refractivity contribution in [3.05, 3.63) is 23.3 Å². The summed E-state index contributed by atoms with van der Waals surface area (Å²) >= 11 is 0. The van der Waals surface area contributed by atoms with E-state index in [1.165, 1.54) is 19.8 Å². The van der Waals surface area contributed by atoms with E-state index in [2.05, 4.69) is 4.90 Å². The normalized spacial score (nSPS) is 40.6. The Morgan fingerprint density at radius 2 is 2.14 bits per heavy atom. The molecule has 1 aromatic rings. The SMILES string of the molecule is CC(=O)Oc1ccc2c3c1O[C@H]1[C@@H](O)CC[C@@]4(O)[C@@H](C2)N(CC2CC2)CC[C@]314. The molecular weight excluding hydrogens is 358 g/mol. The average Bonchev–Trinajstić information content (AvgIpc) is 3.38. The molecule has 6 heteroatoms. The maximum atomic E-state index is 12.2. The number of benzene rings is 1. The Balaban J connectivity index is 1.53. The number of hydrogen-bond acceptors (Lipinski definition) is 6. The summed E-state index contributed by atoms with van der Waals surface area (Å²) in [5.41, 5.74) is 0.614. The molecule has 5 aliphatic rings. The van der Waals surface area contributed by atoms with Gasteiger partial charge in [0.1, 0.15) is 6.10 Å². The molecule has 150 valence electrons. The van der Waals surface area contributed by atoms with Gasteiger partial charge >= 0.3 is 5.97 Å². The molecule has 0 unspecified atom stereocenters. The van der Waals surface area contributed by atoms with Crippen molar-refractivity contribution in [2.45, 2.75) is 74.7 Å². The predicted octanol–water partition coefficient (Wildman–Crippen LogP) is 1.54. The number of carbonyl (C=O) groups excluding carboxylic acids is 1. The second kappa shape index (κ2) is 5.49. The number of carbonyl (C=O) groups is 1. The van der Waals surface area contributed by atoms with E-state index in [9.17, 15) is 15.0 Å². The van der Waals surface area contributed by atoms with Gasteiger partial charge in [-0.2, -0.15) is 0 Å². The van der Waals surface area contributed by atoms with Gasteiger partial charge in [-0.15, -0.1) is 0 Å². The maximum Gasteiger partial charge on any atom is 0.308 e. The minimum absolute atomic E-state index is 0.0541. The molecule has 2 N–H and O–H groups in total. The van der Waals surface area contributed by atoms with Crippen molar-refractivity contribution in [2.75, 3.05) is 13.1 Å². The number of aliphatic hydroxyl groups is 2. The van der Waals surface area contributed by atoms with Crippen LogP contribution in [-0.4, -0.2) is 58.0 Å². The molecule has 28 heavy (non-hydrogen) atoms. The summed E-state index contributed by atoms with van der Waals surface area (Å²) in [6.45, 7) is 3.35. The van der Waals surface area contributed by atoms with E-state index < -0.39 is 29.2 Å². The van der Waals surface area contributed by atoms with Crippen LogP contribution in [0.25, 0.3) is 0 Å². The van der Waals surface area contributed by atoms with Crippen molar-refractivity contribution in [1.82, 2.24) is 4.90 Å². The molecule has 2 heterocycles. The van der Waals surface area contributed by atoms with E-state index in [1.54, 1.807) is 6.07 Å². The van der Waals surface area contributed by atoms with Crippen LogP contribution in [0.1, 0.15) is 50.2 Å². The van der Waals surface area contributed by atoms with Crippen molar-refractivity contribution in [3.8, 4) is 11.5 Å². The summed E-state index contributed by atoms with van der Waals surface area (Å²) in [5, 5.41) is 23.0. The summed E-state index contributed by atoms with van der Waals surface area (Å²) < 4.78 is 11.7. The molecule has 3 fully saturated rings. The Kier molecular flexibility index (Phi) is 3.38. The third-order valence-corrected chi connectivity index (χ3v) is 7.97. The molecule has 1 aromatic carbocycles. The fourth-order valence-electron chi connectivity index (χ4n) is 6.68. The Morgan fingerprint density at radius 3 is 2.89 bits per heavy atom. The van der Waals surface area contributed by atoms with Gasteiger partial charge in [-0.1, -0.05) is 6.07 Å². The standard InChI is InChI=1S/C22H27NO5/c1-12(24)27-16-5-4-14-10-17-22(26)7-6-15(25)20-21(22,18(14)19(16)28-20)8-9-23(17)11-13-2-3-13/h4-5,13,15,17,20,25-26H,2-3,6-11H2,1H3/t15-,17+,20-,21-,22+/m0/s1. The first-order chi connectivity index (χ1) is 13.4. The Bertz CT molecular complexity index is 867.